The standard InChI is InChI=1S/C9H16N4S/c1-6(2)7-3-4-13(5-7)9-11-8(10)12-14-9/h6-7H,3-5H2,1-2H3,(H2,10,12). The number of anilines is 2. The zero-order chi connectivity index (χ0) is 10.1. The normalized spacial score (nSPS) is 22.2. The van der Waals surface area contributed by atoms with Crippen LogP contribution in [0.1, 0.15) is 20.3 Å². The molecule has 2 N–H and O–H groups in total. The van der Waals surface area contributed by atoms with Gasteiger partial charge in [0, 0.05) is 24.6 Å². The van der Waals surface area contributed by atoms with Gasteiger partial charge in [-0.15, -0.1) is 0 Å². The van der Waals surface area contributed by atoms with Crippen molar-refractivity contribution >= 4 is 22.6 Å². The summed E-state index contributed by atoms with van der Waals surface area (Å²) in [5.74, 6) is 1.95. The fourth-order valence-corrected chi connectivity index (χ4v) is 2.49. The smallest absolute Gasteiger partial charge is 0.233 e. The van der Waals surface area contributed by atoms with Gasteiger partial charge in [0.1, 0.15) is 0 Å². The molecule has 78 valence electrons. The zero-order valence-electron chi connectivity index (χ0n) is 8.60. The molecule has 1 aromatic rings. The first-order chi connectivity index (χ1) is 6.66. The van der Waals surface area contributed by atoms with Gasteiger partial charge >= 0.3 is 0 Å². The van der Waals surface area contributed by atoms with Gasteiger partial charge in [-0.1, -0.05) is 13.8 Å². The maximum atomic E-state index is 5.50. The van der Waals surface area contributed by atoms with Gasteiger partial charge in [-0.25, -0.2) is 0 Å². The van der Waals surface area contributed by atoms with Crippen molar-refractivity contribution in [3.05, 3.63) is 0 Å². The summed E-state index contributed by atoms with van der Waals surface area (Å²) in [6.07, 6.45) is 1.26. The summed E-state index contributed by atoms with van der Waals surface area (Å²) in [6, 6.07) is 0. The van der Waals surface area contributed by atoms with E-state index < -0.39 is 0 Å². The lowest BCUT2D eigenvalue weighted by atomic mass is 9.95. The summed E-state index contributed by atoms with van der Waals surface area (Å²) >= 11 is 1.40. The quantitative estimate of drug-likeness (QED) is 0.809. The fraction of sp³-hybridized carbons (Fsp3) is 0.778. The third-order valence-electron chi connectivity index (χ3n) is 2.87. The van der Waals surface area contributed by atoms with Gasteiger partial charge in [0.05, 0.1) is 0 Å². The van der Waals surface area contributed by atoms with E-state index in [9.17, 15) is 0 Å². The predicted molar refractivity (Wildman–Crippen MR) is 59.5 cm³/mol. The Kier molecular flexibility index (Phi) is 2.58. The first kappa shape index (κ1) is 9.71. The van der Waals surface area contributed by atoms with Crippen molar-refractivity contribution in [3.63, 3.8) is 0 Å². The van der Waals surface area contributed by atoms with Crippen LogP contribution < -0.4 is 10.6 Å². The van der Waals surface area contributed by atoms with Crippen molar-refractivity contribution in [1.82, 2.24) is 9.36 Å². The van der Waals surface area contributed by atoms with E-state index in [1.807, 2.05) is 0 Å². The van der Waals surface area contributed by atoms with Crippen LogP contribution in [-0.4, -0.2) is 22.4 Å². The van der Waals surface area contributed by atoms with Gasteiger partial charge in [0.2, 0.25) is 11.1 Å². The minimum atomic E-state index is 0.401. The Labute approximate surface area is 88.3 Å². The van der Waals surface area contributed by atoms with E-state index in [1.165, 1.54) is 18.0 Å². The van der Waals surface area contributed by atoms with Crippen LogP contribution >= 0.6 is 11.5 Å². The van der Waals surface area contributed by atoms with Gasteiger partial charge in [-0.2, -0.15) is 9.36 Å². The van der Waals surface area contributed by atoms with Crippen molar-refractivity contribution in [2.45, 2.75) is 20.3 Å². The van der Waals surface area contributed by atoms with Gasteiger partial charge in [-0.05, 0) is 18.3 Å². The second-order valence-corrected chi connectivity index (χ2v) is 4.90. The molecule has 0 bridgehead atoms. The van der Waals surface area contributed by atoms with Crippen LogP contribution in [0.5, 0.6) is 0 Å². The molecular formula is C9H16N4S. The van der Waals surface area contributed by atoms with Crippen LogP contribution in [0.4, 0.5) is 11.1 Å². The molecule has 0 saturated carbocycles. The molecule has 0 aliphatic carbocycles. The van der Waals surface area contributed by atoms with Crippen molar-refractivity contribution < 1.29 is 0 Å². The molecule has 1 saturated heterocycles. The Balaban J connectivity index is 2.02. The van der Waals surface area contributed by atoms with Crippen molar-refractivity contribution in [2.75, 3.05) is 23.7 Å². The summed E-state index contributed by atoms with van der Waals surface area (Å²) in [5.41, 5.74) is 5.50. The highest BCUT2D eigenvalue weighted by atomic mass is 32.1. The summed E-state index contributed by atoms with van der Waals surface area (Å²) in [7, 11) is 0. The maximum absolute atomic E-state index is 5.50. The monoisotopic (exact) mass is 212 g/mol. The maximum Gasteiger partial charge on any atom is 0.233 e. The number of nitrogens with two attached hydrogens (primary N) is 1. The van der Waals surface area contributed by atoms with Crippen molar-refractivity contribution in [1.29, 1.82) is 0 Å². The average Bonchev–Trinajstić information content (AvgIpc) is 2.70. The zero-order valence-corrected chi connectivity index (χ0v) is 9.42. The molecule has 14 heavy (non-hydrogen) atoms. The van der Waals surface area contributed by atoms with Gasteiger partial charge in [-0.3, -0.25) is 0 Å². The topological polar surface area (TPSA) is 55.0 Å². The number of nitrogens with zero attached hydrogens (tertiary/aromatic N) is 3. The molecule has 0 aromatic carbocycles. The molecule has 1 atom stereocenters. The minimum absolute atomic E-state index is 0.401. The summed E-state index contributed by atoms with van der Waals surface area (Å²) < 4.78 is 4.00. The molecule has 0 amide bonds. The molecule has 1 aromatic heterocycles. The molecule has 1 fully saturated rings. The Hall–Kier alpha value is -0.840. The SMILES string of the molecule is CC(C)C1CCN(c2nc(N)ns2)C1. The summed E-state index contributed by atoms with van der Waals surface area (Å²) in [5, 5.41) is 0.977. The average molecular weight is 212 g/mol. The third-order valence-corrected chi connectivity index (χ3v) is 3.66. The third kappa shape index (κ3) is 1.82. The minimum Gasteiger partial charge on any atom is -0.367 e. The molecule has 0 spiro atoms. The van der Waals surface area contributed by atoms with Crippen LogP contribution in [0.15, 0.2) is 0 Å². The van der Waals surface area contributed by atoms with Crippen LogP contribution in [0.3, 0.4) is 0 Å². The Morgan fingerprint density at radius 3 is 2.86 bits per heavy atom. The van der Waals surface area contributed by atoms with Gasteiger partial charge < -0.3 is 10.6 Å². The predicted octanol–water partition coefficient (Wildman–Crippen LogP) is 1.60. The Morgan fingerprint density at radius 2 is 2.36 bits per heavy atom. The number of hydrogen-bond donors (Lipinski definition) is 1. The first-order valence-electron chi connectivity index (χ1n) is 5.01. The lowest BCUT2D eigenvalue weighted by molar-refractivity contribution is 0.423. The Bertz CT molecular complexity index is 310. The van der Waals surface area contributed by atoms with Crippen LogP contribution in [0.2, 0.25) is 0 Å². The molecular weight excluding hydrogens is 196 g/mol. The highest BCUT2D eigenvalue weighted by molar-refractivity contribution is 7.09. The van der Waals surface area contributed by atoms with E-state index >= 15 is 0 Å². The lowest BCUT2D eigenvalue weighted by Crippen LogP contribution is -2.20. The number of aromatic nitrogens is 2. The molecule has 1 unspecified atom stereocenters. The van der Waals surface area contributed by atoms with Crippen LogP contribution in [0.25, 0.3) is 0 Å². The summed E-state index contributed by atoms with van der Waals surface area (Å²) in [6.45, 7) is 6.76. The molecule has 1 aliphatic rings. The van der Waals surface area contributed by atoms with Gasteiger partial charge in [0.15, 0.2) is 0 Å². The largest absolute Gasteiger partial charge is 0.367 e. The van der Waals surface area contributed by atoms with E-state index in [-0.39, 0.29) is 0 Å². The van der Waals surface area contributed by atoms with Crippen LogP contribution in [-0.2, 0) is 0 Å². The summed E-state index contributed by atoms with van der Waals surface area (Å²) in [4.78, 5) is 6.49. The second kappa shape index (κ2) is 3.73. The number of rotatable bonds is 2. The molecule has 2 rings (SSSR count). The second-order valence-electron chi connectivity index (χ2n) is 4.17. The highest BCUT2D eigenvalue weighted by Gasteiger charge is 2.26. The van der Waals surface area contributed by atoms with Crippen molar-refractivity contribution in [3.8, 4) is 0 Å². The van der Waals surface area contributed by atoms with Crippen molar-refractivity contribution in [2.24, 2.45) is 11.8 Å². The lowest BCUT2D eigenvalue weighted by Gasteiger charge is -2.16. The fourth-order valence-electron chi connectivity index (χ4n) is 1.86. The molecule has 1 aliphatic heterocycles. The van der Waals surface area contributed by atoms with Gasteiger partial charge in [0.25, 0.3) is 0 Å². The van der Waals surface area contributed by atoms with E-state index in [1.54, 1.807) is 0 Å². The molecule has 2 heterocycles. The van der Waals surface area contributed by atoms with E-state index in [2.05, 4.69) is 28.1 Å². The van der Waals surface area contributed by atoms with E-state index in [0.717, 1.165) is 30.1 Å². The van der Waals surface area contributed by atoms with E-state index in [4.69, 9.17) is 5.73 Å². The number of nitrogen functional groups attached to an aromatic ring is 1. The molecule has 0 radical (unpaired) electrons. The van der Waals surface area contributed by atoms with Crippen LogP contribution in [0, 0.1) is 11.8 Å². The Morgan fingerprint density at radius 1 is 1.57 bits per heavy atom. The molecule has 5 heteroatoms. The first-order valence-corrected chi connectivity index (χ1v) is 5.78. The van der Waals surface area contributed by atoms with E-state index in [0.29, 0.717) is 5.95 Å². The molecule has 4 nitrogen and oxygen atoms in total. The highest BCUT2D eigenvalue weighted by Crippen LogP contribution is 2.29. The number of hydrogen-bond acceptors (Lipinski definition) is 5.